The first-order valence-corrected chi connectivity index (χ1v) is 11.0. The Hall–Kier alpha value is -2.71. The molecule has 0 N–H and O–H groups in total. The van der Waals surface area contributed by atoms with Crippen LogP contribution in [0.5, 0.6) is 5.75 Å². The third kappa shape index (κ3) is 5.32. The second kappa shape index (κ2) is 9.62. The van der Waals surface area contributed by atoms with Crippen molar-refractivity contribution in [2.24, 2.45) is 13.0 Å². The second-order valence-corrected chi connectivity index (χ2v) is 8.62. The molecule has 0 bridgehead atoms. The fourth-order valence-electron chi connectivity index (χ4n) is 4.09. The van der Waals surface area contributed by atoms with Gasteiger partial charge in [0.25, 0.3) is 0 Å². The lowest BCUT2D eigenvalue weighted by Gasteiger charge is -2.29. The largest absolute Gasteiger partial charge is 0.489 e. The molecule has 0 aliphatic heterocycles. The predicted molar refractivity (Wildman–Crippen MR) is 112 cm³/mol. The highest BCUT2D eigenvalue weighted by molar-refractivity contribution is 5.67. The molecule has 2 aromatic rings. The molecule has 2 heterocycles. The molecule has 0 radical (unpaired) electrons. The van der Waals surface area contributed by atoms with E-state index in [2.05, 4.69) is 15.3 Å². The molecule has 9 heteroatoms. The van der Waals surface area contributed by atoms with Crippen LogP contribution in [0, 0.1) is 5.92 Å². The lowest BCUT2D eigenvalue weighted by molar-refractivity contribution is 0.0913. The standard InChI is InChI=1S/C22H30FN5O3/c1-27(13-15-5-3-6-15)22(29)30-14-20-21(25-26-28(20)2)19-10-9-18(12-24-19)31-17-8-4-7-16(23)11-17/h9-10,12,15-17H,3-8,11,13-14H2,1-2H3/t16-,17+/m1/s1. The van der Waals surface area contributed by atoms with Crippen molar-refractivity contribution in [3.63, 3.8) is 0 Å². The Morgan fingerprint density at radius 3 is 2.74 bits per heavy atom. The van der Waals surface area contributed by atoms with Crippen LogP contribution in [0.25, 0.3) is 11.4 Å². The van der Waals surface area contributed by atoms with E-state index in [1.54, 1.807) is 42.0 Å². The molecule has 8 nitrogen and oxygen atoms in total. The first kappa shape index (κ1) is 21.5. The maximum Gasteiger partial charge on any atom is 0.409 e. The van der Waals surface area contributed by atoms with Crippen molar-refractivity contribution in [1.29, 1.82) is 0 Å². The smallest absolute Gasteiger partial charge is 0.409 e. The van der Waals surface area contributed by atoms with E-state index >= 15 is 0 Å². The number of carbonyl (C=O) groups is 1. The molecule has 0 unspecified atom stereocenters. The highest BCUT2D eigenvalue weighted by atomic mass is 19.1. The highest BCUT2D eigenvalue weighted by Crippen LogP contribution is 2.28. The molecule has 2 aliphatic carbocycles. The summed E-state index contributed by atoms with van der Waals surface area (Å²) >= 11 is 0. The Kier molecular flexibility index (Phi) is 6.67. The number of hydrogen-bond donors (Lipinski definition) is 0. The molecule has 2 atom stereocenters. The van der Waals surface area contributed by atoms with Crippen molar-refractivity contribution in [2.75, 3.05) is 13.6 Å². The summed E-state index contributed by atoms with van der Waals surface area (Å²) in [5, 5.41) is 8.25. The molecule has 2 saturated carbocycles. The van der Waals surface area contributed by atoms with Gasteiger partial charge in [0.2, 0.25) is 0 Å². The summed E-state index contributed by atoms with van der Waals surface area (Å²) < 4.78 is 26.5. The van der Waals surface area contributed by atoms with E-state index < -0.39 is 6.17 Å². The summed E-state index contributed by atoms with van der Waals surface area (Å²) in [5.41, 5.74) is 1.84. The molecular formula is C22H30FN5O3. The Morgan fingerprint density at radius 1 is 1.26 bits per heavy atom. The van der Waals surface area contributed by atoms with Crippen LogP contribution in [0.1, 0.15) is 50.6 Å². The molecule has 2 fully saturated rings. The predicted octanol–water partition coefficient (Wildman–Crippen LogP) is 3.91. The number of carbonyl (C=O) groups excluding carboxylic acids is 1. The van der Waals surface area contributed by atoms with Gasteiger partial charge < -0.3 is 14.4 Å². The molecule has 0 saturated heterocycles. The van der Waals surface area contributed by atoms with Crippen molar-refractivity contribution in [1.82, 2.24) is 24.9 Å². The summed E-state index contributed by atoms with van der Waals surface area (Å²) in [6.07, 6.45) is 6.70. The summed E-state index contributed by atoms with van der Waals surface area (Å²) in [7, 11) is 3.52. The quantitative estimate of drug-likeness (QED) is 0.661. The Bertz CT molecular complexity index is 884. The van der Waals surface area contributed by atoms with Gasteiger partial charge in [-0.3, -0.25) is 4.98 Å². The van der Waals surface area contributed by atoms with E-state index in [-0.39, 0.29) is 18.8 Å². The van der Waals surface area contributed by atoms with Crippen LogP contribution in [0.2, 0.25) is 0 Å². The van der Waals surface area contributed by atoms with Crippen LogP contribution < -0.4 is 4.74 Å². The van der Waals surface area contributed by atoms with E-state index in [4.69, 9.17) is 9.47 Å². The Labute approximate surface area is 181 Å². The zero-order valence-corrected chi connectivity index (χ0v) is 18.2. The minimum atomic E-state index is -0.788. The number of nitrogens with zero attached hydrogens (tertiary/aromatic N) is 5. The Balaban J connectivity index is 1.36. The number of aryl methyl sites for hydroxylation is 1. The summed E-state index contributed by atoms with van der Waals surface area (Å²) in [6.45, 7) is 0.787. The lowest BCUT2D eigenvalue weighted by atomic mass is 9.85. The van der Waals surface area contributed by atoms with Crippen molar-refractivity contribution in [3.8, 4) is 17.1 Å². The zero-order valence-electron chi connectivity index (χ0n) is 18.2. The first-order chi connectivity index (χ1) is 15.0. The Morgan fingerprint density at radius 2 is 2.06 bits per heavy atom. The van der Waals surface area contributed by atoms with E-state index in [0.717, 1.165) is 19.4 Å². The zero-order chi connectivity index (χ0) is 21.8. The van der Waals surface area contributed by atoms with Crippen molar-refractivity contribution < 1.29 is 18.7 Å². The summed E-state index contributed by atoms with van der Waals surface area (Å²) in [4.78, 5) is 18.4. The number of halogens is 1. The SMILES string of the molecule is CN(CC1CCC1)C(=O)OCc1c(-c2ccc(O[C@H]3CCC[C@@H](F)C3)cn2)nnn1C. The van der Waals surface area contributed by atoms with Crippen LogP contribution in [0.15, 0.2) is 18.3 Å². The maximum absolute atomic E-state index is 13.6. The van der Waals surface area contributed by atoms with Gasteiger partial charge in [-0.15, -0.1) is 5.10 Å². The van der Waals surface area contributed by atoms with E-state index in [0.29, 0.717) is 41.6 Å². The molecule has 4 rings (SSSR count). The van der Waals surface area contributed by atoms with Gasteiger partial charge in [-0.05, 0) is 50.2 Å². The summed E-state index contributed by atoms with van der Waals surface area (Å²) in [6, 6.07) is 3.60. The van der Waals surface area contributed by atoms with Crippen molar-refractivity contribution >= 4 is 6.09 Å². The van der Waals surface area contributed by atoms with Crippen LogP contribution in [-0.4, -0.2) is 56.8 Å². The number of alkyl halides is 1. The number of ether oxygens (including phenoxy) is 2. The first-order valence-electron chi connectivity index (χ1n) is 11.0. The average Bonchev–Trinajstić information content (AvgIpc) is 3.09. The maximum atomic E-state index is 13.6. The van der Waals surface area contributed by atoms with Gasteiger partial charge in [0, 0.05) is 27.1 Å². The van der Waals surface area contributed by atoms with Gasteiger partial charge in [-0.25, -0.2) is 13.9 Å². The van der Waals surface area contributed by atoms with Gasteiger partial charge in [-0.2, -0.15) is 0 Å². The fourth-order valence-corrected chi connectivity index (χ4v) is 4.09. The summed E-state index contributed by atoms with van der Waals surface area (Å²) in [5.74, 6) is 1.19. The van der Waals surface area contributed by atoms with E-state index in [1.165, 1.54) is 19.3 Å². The van der Waals surface area contributed by atoms with Crippen LogP contribution in [0.3, 0.4) is 0 Å². The minimum Gasteiger partial charge on any atom is -0.489 e. The van der Waals surface area contributed by atoms with Gasteiger partial charge in [0.15, 0.2) is 0 Å². The third-order valence-corrected chi connectivity index (χ3v) is 6.19. The number of rotatable bonds is 7. The molecule has 0 aromatic carbocycles. The van der Waals surface area contributed by atoms with Gasteiger partial charge in [-0.1, -0.05) is 11.6 Å². The highest BCUT2D eigenvalue weighted by Gasteiger charge is 2.24. The molecule has 168 valence electrons. The van der Waals surface area contributed by atoms with Crippen LogP contribution >= 0.6 is 0 Å². The monoisotopic (exact) mass is 431 g/mol. The van der Waals surface area contributed by atoms with Crippen LogP contribution in [0.4, 0.5) is 9.18 Å². The minimum absolute atomic E-state index is 0.0621. The van der Waals surface area contributed by atoms with Gasteiger partial charge >= 0.3 is 6.09 Å². The number of pyridine rings is 1. The van der Waals surface area contributed by atoms with Gasteiger partial charge in [0.1, 0.15) is 36.0 Å². The molecule has 2 aliphatic rings. The topological polar surface area (TPSA) is 82.4 Å². The second-order valence-electron chi connectivity index (χ2n) is 8.62. The molecule has 31 heavy (non-hydrogen) atoms. The van der Waals surface area contributed by atoms with E-state index in [9.17, 15) is 9.18 Å². The van der Waals surface area contributed by atoms with Crippen molar-refractivity contribution in [2.45, 2.75) is 63.8 Å². The molecule has 1 amide bonds. The van der Waals surface area contributed by atoms with E-state index in [1.807, 2.05) is 0 Å². The average molecular weight is 432 g/mol. The molecule has 0 spiro atoms. The number of hydrogen-bond acceptors (Lipinski definition) is 6. The fraction of sp³-hybridized carbons (Fsp3) is 0.636. The van der Waals surface area contributed by atoms with Gasteiger partial charge in [0.05, 0.1) is 11.9 Å². The third-order valence-electron chi connectivity index (χ3n) is 6.19. The number of amides is 1. The number of aromatic nitrogens is 4. The molecular weight excluding hydrogens is 401 g/mol. The van der Waals surface area contributed by atoms with Crippen LogP contribution in [-0.2, 0) is 18.4 Å². The molecule has 2 aromatic heterocycles. The lowest BCUT2D eigenvalue weighted by Crippen LogP contribution is -2.34. The normalized spacial score (nSPS) is 21.4. The van der Waals surface area contributed by atoms with Crippen molar-refractivity contribution in [3.05, 3.63) is 24.0 Å².